The van der Waals surface area contributed by atoms with Crippen LogP contribution in [0.1, 0.15) is 121 Å². The van der Waals surface area contributed by atoms with Crippen molar-refractivity contribution in [1.29, 1.82) is 0 Å². The van der Waals surface area contributed by atoms with Crippen LogP contribution in [0.3, 0.4) is 0 Å². The monoisotopic (exact) mass is 645 g/mol. The van der Waals surface area contributed by atoms with E-state index < -0.39 is 0 Å². The molecule has 8 nitrogen and oxygen atoms in total. The minimum atomic E-state index is 0.0245. The number of hydrogen-bond donors (Lipinski definition) is 0. The molecule has 0 unspecified atom stereocenters. The van der Waals surface area contributed by atoms with E-state index in [1.807, 2.05) is 30.0 Å². The summed E-state index contributed by atoms with van der Waals surface area (Å²) < 4.78 is 0. The Bertz CT molecular complexity index is 1660. The molecule has 0 spiro atoms. The van der Waals surface area contributed by atoms with Crippen LogP contribution in [0.4, 0.5) is 5.82 Å². The zero-order valence-electron chi connectivity index (χ0n) is 29.6. The van der Waals surface area contributed by atoms with Crippen LogP contribution in [-0.4, -0.2) is 41.9 Å². The van der Waals surface area contributed by atoms with Crippen LogP contribution in [0.15, 0.2) is 61.3 Å². The second-order valence-corrected chi connectivity index (χ2v) is 15.7. The van der Waals surface area contributed by atoms with Crippen LogP contribution in [0, 0.1) is 11.3 Å². The third-order valence-corrected chi connectivity index (χ3v) is 10.3. The lowest BCUT2D eigenvalue weighted by Gasteiger charge is -2.44. The Morgan fingerprint density at radius 2 is 1.54 bits per heavy atom. The number of benzene rings is 1. The van der Waals surface area contributed by atoms with Gasteiger partial charge in [-0.3, -0.25) is 14.7 Å². The Hall–Kier alpha value is -4.07. The van der Waals surface area contributed by atoms with E-state index in [9.17, 15) is 4.79 Å². The summed E-state index contributed by atoms with van der Waals surface area (Å²) in [6.45, 7) is 13.5. The van der Waals surface area contributed by atoms with Crippen LogP contribution in [0.5, 0.6) is 0 Å². The number of amides is 1. The van der Waals surface area contributed by atoms with Gasteiger partial charge in [-0.2, -0.15) is 0 Å². The van der Waals surface area contributed by atoms with Crippen molar-refractivity contribution in [1.82, 2.24) is 29.9 Å². The molecule has 0 saturated heterocycles. The fourth-order valence-corrected chi connectivity index (χ4v) is 7.55. The summed E-state index contributed by atoms with van der Waals surface area (Å²) in [5.74, 6) is 3.49. The molecule has 4 aromatic rings. The maximum Gasteiger partial charge on any atom is 0.228 e. The van der Waals surface area contributed by atoms with Gasteiger partial charge in [0.05, 0.1) is 23.8 Å². The highest BCUT2D eigenvalue weighted by Gasteiger charge is 2.40. The van der Waals surface area contributed by atoms with E-state index in [0.717, 1.165) is 61.3 Å². The summed E-state index contributed by atoms with van der Waals surface area (Å²) >= 11 is 0. The lowest BCUT2D eigenvalue weighted by molar-refractivity contribution is -0.119. The van der Waals surface area contributed by atoms with Gasteiger partial charge in [0.25, 0.3) is 0 Å². The highest BCUT2D eigenvalue weighted by molar-refractivity contribution is 5.93. The summed E-state index contributed by atoms with van der Waals surface area (Å²) in [6, 6.07) is 10.3. The first-order valence-corrected chi connectivity index (χ1v) is 17.8. The predicted octanol–water partition coefficient (Wildman–Crippen LogP) is 8.25. The van der Waals surface area contributed by atoms with Crippen molar-refractivity contribution in [3.05, 3.63) is 89.8 Å². The molecule has 252 valence electrons. The van der Waals surface area contributed by atoms with Gasteiger partial charge < -0.3 is 0 Å². The summed E-state index contributed by atoms with van der Waals surface area (Å²) in [5.41, 5.74) is 5.65. The molecule has 0 bridgehead atoms. The van der Waals surface area contributed by atoms with Gasteiger partial charge in [-0.1, -0.05) is 71.9 Å². The first-order chi connectivity index (χ1) is 23.0. The number of aryl methyl sites for hydroxylation is 2. The minimum absolute atomic E-state index is 0.0245. The average Bonchev–Trinajstić information content (AvgIpc) is 3.07. The second-order valence-electron chi connectivity index (χ2n) is 15.7. The van der Waals surface area contributed by atoms with E-state index in [0.29, 0.717) is 41.6 Å². The van der Waals surface area contributed by atoms with Crippen LogP contribution in [-0.2, 0) is 29.5 Å². The minimum Gasteiger partial charge on any atom is -0.292 e. The van der Waals surface area contributed by atoms with Gasteiger partial charge >= 0.3 is 0 Å². The lowest BCUT2D eigenvalue weighted by Crippen LogP contribution is -2.43. The summed E-state index contributed by atoms with van der Waals surface area (Å²) in [6.07, 6.45) is 18.2. The highest BCUT2D eigenvalue weighted by Crippen LogP contribution is 2.51. The number of anilines is 1. The Morgan fingerprint density at radius 3 is 2.15 bits per heavy atom. The zero-order chi connectivity index (χ0) is 33.9. The molecule has 2 aliphatic carbocycles. The van der Waals surface area contributed by atoms with Crippen molar-refractivity contribution in [3.8, 4) is 11.3 Å². The molecule has 0 N–H and O–H groups in total. The van der Waals surface area contributed by atoms with E-state index in [2.05, 4.69) is 62.9 Å². The molecular weight excluding hydrogens is 594 g/mol. The maximum atomic E-state index is 13.9. The number of carbonyl (C=O) groups excluding carboxylic acids is 1. The van der Waals surface area contributed by atoms with Crippen molar-refractivity contribution in [2.45, 2.75) is 123 Å². The Morgan fingerprint density at radius 1 is 0.854 bits per heavy atom. The van der Waals surface area contributed by atoms with Gasteiger partial charge in [0.1, 0.15) is 11.6 Å². The van der Waals surface area contributed by atoms with Crippen LogP contribution < -0.4 is 4.90 Å². The van der Waals surface area contributed by atoms with Crippen molar-refractivity contribution in [3.63, 3.8) is 0 Å². The molecule has 1 amide bonds. The fourth-order valence-electron chi connectivity index (χ4n) is 7.55. The standard InChI is InChI=1S/C40H51N7O/c1-7-34-42-22-30(23-43-34)33-25-45-36(26-41-33)47(37(48)18-15-27-11-9-8-10-12-27)31-16-13-28(14-17-31)19-35-44-24-32(39(2,3)4)38(46-35)29-20-40(5,6)21-29/h8-12,22-26,28-29,31H,7,13-21H2,1-6H3. The normalized spacial score (nSPS) is 19.5. The second kappa shape index (κ2) is 14.2. The van der Waals surface area contributed by atoms with Crippen molar-refractivity contribution in [2.24, 2.45) is 11.3 Å². The lowest BCUT2D eigenvalue weighted by atomic mass is 9.62. The molecule has 0 aliphatic heterocycles. The van der Waals surface area contributed by atoms with Gasteiger partial charge in [-0.25, -0.2) is 24.9 Å². The quantitative estimate of drug-likeness (QED) is 0.171. The van der Waals surface area contributed by atoms with E-state index in [4.69, 9.17) is 19.9 Å². The first-order valence-electron chi connectivity index (χ1n) is 17.8. The smallest absolute Gasteiger partial charge is 0.228 e. The molecule has 0 radical (unpaired) electrons. The third kappa shape index (κ3) is 7.96. The molecule has 48 heavy (non-hydrogen) atoms. The maximum absolute atomic E-state index is 13.9. The van der Waals surface area contributed by atoms with Crippen LogP contribution in [0.25, 0.3) is 11.3 Å². The number of nitrogens with zero attached hydrogens (tertiary/aromatic N) is 7. The topological polar surface area (TPSA) is 97.7 Å². The van der Waals surface area contributed by atoms with E-state index in [1.54, 1.807) is 24.8 Å². The molecule has 2 saturated carbocycles. The molecule has 3 heterocycles. The Balaban J connectivity index is 1.16. The largest absolute Gasteiger partial charge is 0.292 e. The number of aromatic nitrogens is 6. The number of carbonyl (C=O) groups is 1. The van der Waals surface area contributed by atoms with Gasteiger partial charge in [0.15, 0.2) is 5.82 Å². The molecule has 2 aliphatic rings. The van der Waals surface area contributed by atoms with Crippen molar-refractivity contribution < 1.29 is 4.79 Å². The molecule has 8 heteroatoms. The number of hydrogen-bond acceptors (Lipinski definition) is 7. The molecule has 6 rings (SSSR count). The summed E-state index contributed by atoms with van der Waals surface area (Å²) in [7, 11) is 0. The van der Waals surface area contributed by atoms with Gasteiger partial charge in [-0.15, -0.1) is 0 Å². The Labute approximate surface area is 286 Å². The van der Waals surface area contributed by atoms with E-state index in [-0.39, 0.29) is 17.4 Å². The zero-order valence-corrected chi connectivity index (χ0v) is 29.6. The molecule has 3 aromatic heterocycles. The average molecular weight is 646 g/mol. The van der Waals surface area contributed by atoms with Crippen LogP contribution >= 0.6 is 0 Å². The molecule has 0 atom stereocenters. The first kappa shape index (κ1) is 33.8. The van der Waals surface area contributed by atoms with Gasteiger partial charge in [0.2, 0.25) is 5.91 Å². The van der Waals surface area contributed by atoms with Crippen LogP contribution in [0.2, 0.25) is 0 Å². The third-order valence-electron chi connectivity index (χ3n) is 10.3. The van der Waals surface area contributed by atoms with E-state index in [1.165, 1.54) is 24.1 Å². The highest BCUT2D eigenvalue weighted by atomic mass is 16.2. The summed E-state index contributed by atoms with van der Waals surface area (Å²) in [4.78, 5) is 44.3. The van der Waals surface area contributed by atoms with Gasteiger partial charge in [-0.05, 0) is 72.8 Å². The molecule has 2 fully saturated rings. The Kier molecular flexibility index (Phi) is 10.00. The summed E-state index contributed by atoms with van der Waals surface area (Å²) in [5, 5.41) is 0. The number of rotatable bonds is 10. The fraction of sp³-hybridized carbons (Fsp3) is 0.525. The van der Waals surface area contributed by atoms with E-state index >= 15 is 0 Å². The van der Waals surface area contributed by atoms with Gasteiger partial charge in [0, 0.05) is 55.4 Å². The predicted molar refractivity (Wildman–Crippen MR) is 191 cm³/mol. The van der Waals surface area contributed by atoms with Crippen molar-refractivity contribution >= 4 is 11.7 Å². The molecular formula is C40H51N7O. The SMILES string of the molecule is CCc1ncc(-c2cnc(N(C(=O)CCc3ccccc3)C3CCC(Cc4ncc(C(C)(C)C)c(C5CC(C)(C)C5)n4)CC3)cn2)cn1. The molecule has 1 aromatic carbocycles. The van der Waals surface area contributed by atoms with Crippen molar-refractivity contribution in [2.75, 3.05) is 4.90 Å².